The molecule has 1 aromatic carbocycles. The smallest absolute Gasteiger partial charge is 0.288 e. The Balaban J connectivity index is 2.31. The molecule has 0 radical (unpaired) electrons. The lowest BCUT2D eigenvalue weighted by Gasteiger charge is -1.97. The van der Waals surface area contributed by atoms with Crippen LogP contribution in [0.3, 0.4) is 0 Å². The summed E-state index contributed by atoms with van der Waals surface area (Å²) in [4.78, 5) is 22.7. The van der Waals surface area contributed by atoms with E-state index in [9.17, 15) is 9.59 Å². The molecule has 0 fully saturated rings. The number of hydrogen-bond donors (Lipinski definition) is 0. The molecule has 1 heterocycles. The van der Waals surface area contributed by atoms with E-state index in [-0.39, 0.29) is 11.4 Å². The maximum atomic E-state index is 11.6. The molecule has 1 amide bonds. The van der Waals surface area contributed by atoms with Crippen LogP contribution in [-0.4, -0.2) is 11.7 Å². The standard InChI is InChI=1S/C10H6N2O2/c13-9(7-4-2-1-3-5-7)8-6-11-12-10(8)14/h1-6H. The SMILES string of the molecule is O=C1N=NC=C1C(=O)c1ccccc1. The molecule has 0 aromatic heterocycles. The quantitative estimate of drug-likeness (QED) is 0.521. The number of carbonyl (C=O) groups is 2. The second-order valence-corrected chi connectivity index (χ2v) is 2.76. The minimum atomic E-state index is -0.571. The molecule has 68 valence electrons. The van der Waals surface area contributed by atoms with Crippen molar-refractivity contribution < 1.29 is 9.59 Å². The zero-order valence-electron chi connectivity index (χ0n) is 7.18. The lowest BCUT2D eigenvalue weighted by molar-refractivity contribution is -0.114. The topological polar surface area (TPSA) is 58.9 Å². The Kier molecular flexibility index (Phi) is 2.02. The van der Waals surface area contributed by atoms with Crippen molar-refractivity contribution in [2.75, 3.05) is 0 Å². The summed E-state index contributed by atoms with van der Waals surface area (Å²) in [7, 11) is 0. The number of ketones is 1. The Hall–Kier alpha value is -2.10. The predicted molar refractivity (Wildman–Crippen MR) is 48.7 cm³/mol. The first-order valence-corrected chi connectivity index (χ1v) is 4.04. The highest BCUT2D eigenvalue weighted by Gasteiger charge is 2.22. The third-order valence-corrected chi connectivity index (χ3v) is 1.85. The molecule has 4 nitrogen and oxygen atoms in total. The first-order valence-electron chi connectivity index (χ1n) is 4.04. The molecular weight excluding hydrogens is 180 g/mol. The van der Waals surface area contributed by atoms with Crippen LogP contribution in [0.1, 0.15) is 10.4 Å². The van der Waals surface area contributed by atoms with E-state index in [1.54, 1.807) is 30.3 Å². The number of carbonyl (C=O) groups excluding carboxylic acids is 2. The Morgan fingerprint density at radius 3 is 2.43 bits per heavy atom. The maximum Gasteiger partial charge on any atom is 0.301 e. The number of benzene rings is 1. The van der Waals surface area contributed by atoms with Gasteiger partial charge in [0.15, 0.2) is 5.78 Å². The number of azo groups is 1. The van der Waals surface area contributed by atoms with Crippen LogP contribution in [0.4, 0.5) is 0 Å². The third-order valence-electron chi connectivity index (χ3n) is 1.85. The van der Waals surface area contributed by atoms with Crippen LogP contribution in [0.15, 0.2) is 52.3 Å². The maximum absolute atomic E-state index is 11.6. The second-order valence-electron chi connectivity index (χ2n) is 2.76. The van der Waals surface area contributed by atoms with Gasteiger partial charge in [-0.25, -0.2) is 0 Å². The normalized spacial score (nSPS) is 14.3. The fourth-order valence-electron chi connectivity index (χ4n) is 1.15. The molecule has 0 bridgehead atoms. The van der Waals surface area contributed by atoms with E-state index in [1.807, 2.05) is 0 Å². The van der Waals surface area contributed by atoms with Crippen LogP contribution in [0.5, 0.6) is 0 Å². The molecule has 0 atom stereocenters. The van der Waals surface area contributed by atoms with E-state index in [0.29, 0.717) is 5.56 Å². The summed E-state index contributed by atoms with van der Waals surface area (Å²) < 4.78 is 0. The minimum Gasteiger partial charge on any atom is -0.288 e. The highest BCUT2D eigenvalue weighted by molar-refractivity contribution is 6.26. The molecule has 0 aliphatic carbocycles. The first-order chi connectivity index (χ1) is 6.79. The largest absolute Gasteiger partial charge is 0.301 e. The zero-order valence-corrected chi connectivity index (χ0v) is 7.18. The molecule has 1 aliphatic heterocycles. The molecule has 0 unspecified atom stereocenters. The van der Waals surface area contributed by atoms with E-state index in [2.05, 4.69) is 10.2 Å². The molecule has 2 rings (SSSR count). The van der Waals surface area contributed by atoms with Gasteiger partial charge in [0.1, 0.15) is 5.57 Å². The van der Waals surface area contributed by atoms with Gasteiger partial charge in [0.25, 0.3) is 0 Å². The van der Waals surface area contributed by atoms with E-state index in [1.165, 1.54) is 6.20 Å². The lowest BCUT2D eigenvalue weighted by atomic mass is 10.0. The summed E-state index contributed by atoms with van der Waals surface area (Å²) in [6, 6.07) is 8.57. The summed E-state index contributed by atoms with van der Waals surface area (Å²) in [5.41, 5.74) is 0.496. The van der Waals surface area contributed by atoms with Crippen molar-refractivity contribution in [1.82, 2.24) is 0 Å². The molecular formula is C10H6N2O2. The lowest BCUT2D eigenvalue weighted by Crippen LogP contribution is -2.08. The molecule has 0 N–H and O–H groups in total. The van der Waals surface area contributed by atoms with Crippen molar-refractivity contribution in [2.24, 2.45) is 10.2 Å². The van der Waals surface area contributed by atoms with Crippen LogP contribution >= 0.6 is 0 Å². The van der Waals surface area contributed by atoms with Crippen molar-refractivity contribution in [1.29, 1.82) is 0 Å². The highest BCUT2D eigenvalue weighted by atomic mass is 16.2. The van der Waals surface area contributed by atoms with Crippen molar-refractivity contribution in [3.63, 3.8) is 0 Å². The number of amides is 1. The van der Waals surface area contributed by atoms with Gasteiger partial charge in [-0.15, -0.1) is 5.11 Å². The molecule has 4 heteroatoms. The Bertz CT molecular complexity index is 446. The third kappa shape index (κ3) is 1.37. The average Bonchev–Trinajstić information content (AvgIpc) is 2.65. The van der Waals surface area contributed by atoms with Gasteiger partial charge in [-0.05, 0) is 0 Å². The monoisotopic (exact) mass is 186 g/mol. The van der Waals surface area contributed by atoms with Gasteiger partial charge in [0.05, 0.1) is 6.20 Å². The van der Waals surface area contributed by atoms with E-state index in [4.69, 9.17) is 0 Å². The fourth-order valence-corrected chi connectivity index (χ4v) is 1.15. The zero-order chi connectivity index (χ0) is 9.97. The van der Waals surface area contributed by atoms with Crippen molar-refractivity contribution >= 4 is 11.7 Å². The van der Waals surface area contributed by atoms with Crippen LogP contribution in [0.2, 0.25) is 0 Å². The van der Waals surface area contributed by atoms with Crippen LogP contribution in [0, 0.1) is 0 Å². The second kappa shape index (κ2) is 3.33. The van der Waals surface area contributed by atoms with Gasteiger partial charge in [-0.2, -0.15) is 5.11 Å². The molecule has 0 saturated carbocycles. The van der Waals surface area contributed by atoms with Crippen molar-refractivity contribution in [2.45, 2.75) is 0 Å². The predicted octanol–water partition coefficient (Wildman–Crippen LogP) is 1.75. The van der Waals surface area contributed by atoms with Gasteiger partial charge < -0.3 is 0 Å². The van der Waals surface area contributed by atoms with Crippen molar-refractivity contribution in [3.8, 4) is 0 Å². The van der Waals surface area contributed by atoms with Gasteiger partial charge in [0, 0.05) is 5.56 Å². The highest BCUT2D eigenvalue weighted by Crippen LogP contribution is 2.13. The Labute approximate surface area is 80.0 Å². The summed E-state index contributed by atoms with van der Waals surface area (Å²) in [6.07, 6.45) is 1.19. The van der Waals surface area contributed by atoms with Crippen molar-refractivity contribution in [3.05, 3.63) is 47.7 Å². The number of Topliss-reactive ketones (excluding diaryl/α,β-unsaturated/α-hetero) is 1. The Morgan fingerprint density at radius 1 is 1.14 bits per heavy atom. The molecule has 14 heavy (non-hydrogen) atoms. The number of hydrogen-bond acceptors (Lipinski definition) is 3. The number of rotatable bonds is 2. The van der Waals surface area contributed by atoms with Gasteiger partial charge >= 0.3 is 5.91 Å². The molecule has 1 aromatic rings. The first kappa shape index (κ1) is 8.50. The minimum absolute atomic E-state index is 0.0243. The van der Waals surface area contributed by atoms with Crippen LogP contribution < -0.4 is 0 Å². The molecule has 0 saturated heterocycles. The summed E-state index contributed by atoms with van der Waals surface area (Å²) >= 11 is 0. The van der Waals surface area contributed by atoms with E-state index < -0.39 is 5.91 Å². The average molecular weight is 186 g/mol. The van der Waals surface area contributed by atoms with Gasteiger partial charge in [-0.3, -0.25) is 9.59 Å². The number of nitrogens with zero attached hydrogens (tertiary/aromatic N) is 2. The summed E-state index contributed by atoms with van der Waals surface area (Å²) in [5.74, 6) is -0.903. The Morgan fingerprint density at radius 2 is 1.86 bits per heavy atom. The van der Waals surface area contributed by atoms with Gasteiger partial charge in [-0.1, -0.05) is 30.3 Å². The van der Waals surface area contributed by atoms with E-state index >= 15 is 0 Å². The van der Waals surface area contributed by atoms with Gasteiger partial charge in [0.2, 0.25) is 0 Å². The fraction of sp³-hybridized carbons (Fsp3) is 0. The van der Waals surface area contributed by atoms with Crippen LogP contribution in [0.25, 0.3) is 0 Å². The summed E-state index contributed by atoms with van der Waals surface area (Å²) in [6.45, 7) is 0. The van der Waals surface area contributed by atoms with E-state index in [0.717, 1.165) is 0 Å². The molecule has 0 spiro atoms. The molecule has 1 aliphatic rings. The summed E-state index contributed by atoms with van der Waals surface area (Å²) in [5, 5.41) is 6.62. The van der Waals surface area contributed by atoms with Crippen LogP contribution in [-0.2, 0) is 4.79 Å².